The first-order chi connectivity index (χ1) is 4.46. The molecule has 4 nitrogen and oxygen atoms in total. The van der Waals surface area contributed by atoms with Crippen molar-refractivity contribution in [3.05, 3.63) is 0 Å². The summed E-state index contributed by atoms with van der Waals surface area (Å²) in [5, 5.41) is 13.9. The molecule has 0 aliphatic rings. The van der Waals surface area contributed by atoms with Crippen molar-refractivity contribution < 1.29 is 36.6 Å². The van der Waals surface area contributed by atoms with Crippen LogP contribution < -0.4 is 0 Å². The zero-order chi connectivity index (χ0) is 8.31. The Kier molecular flexibility index (Phi) is 7.17. The van der Waals surface area contributed by atoms with Crippen LogP contribution in [0.1, 0.15) is 0 Å². The summed E-state index contributed by atoms with van der Waals surface area (Å²) in [5.74, 6) is -2.57. The van der Waals surface area contributed by atoms with Gasteiger partial charge in [0, 0.05) is 16.8 Å². The molecule has 2 N–H and O–H groups in total. The first-order valence-corrected chi connectivity index (χ1v) is 3.32. The van der Waals surface area contributed by atoms with Crippen molar-refractivity contribution >= 4 is 37.2 Å². The van der Waals surface area contributed by atoms with Crippen LogP contribution in [0.5, 0.6) is 0 Å². The van der Waals surface area contributed by atoms with E-state index in [1.54, 1.807) is 0 Å². The van der Waals surface area contributed by atoms with E-state index in [1.807, 2.05) is 0 Å². The molecule has 11 heavy (non-hydrogen) atoms. The minimum atomic E-state index is -1.29. The van der Waals surface area contributed by atoms with E-state index in [2.05, 4.69) is 25.3 Å². The molecule has 0 saturated carbocycles. The van der Waals surface area contributed by atoms with Crippen molar-refractivity contribution in [1.29, 1.82) is 0 Å². The Morgan fingerprint density at radius 3 is 1.27 bits per heavy atom. The molecule has 67 valence electrons. The van der Waals surface area contributed by atoms with Gasteiger partial charge in [0.1, 0.15) is 10.5 Å². The van der Waals surface area contributed by atoms with Crippen LogP contribution in [0.25, 0.3) is 0 Å². The molecule has 0 fully saturated rings. The SMILES string of the molecule is O=C(O)C(S)C(S)C(=O)O.[Co]. The van der Waals surface area contributed by atoms with Crippen molar-refractivity contribution in [1.82, 2.24) is 0 Å². The van der Waals surface area contributed by atoms with E-state index in [4.69, 9.17) is 10.2 Å². The van der Waals surface area contributed by atoms with Crippen LogP contribution in [0, 0.1) is 0 Å². The number of hydrogen-bond donors (Lipinski definition) is 4. The number of carboxylic acid groups (broad SMARTS) is 2. The van der Waals surface area contributed by atoms with Crippen molar-refractivity contribution in [2.24, 2.45) is 0 Å². The molecule has 0 amide bonds. The van der Waals surface area contributed by atoms with Crippen LogP contribution in [-0.2, 0) is 26.4 Å². The molecule has 2 atom stereocenters. The largest absolute Gasteiger partial charge is 0.480 e. The third-order valence-corrected chi connectivity index (χ3v) is 2.08. The molecule has 2 unspecified atom stereocenters. The zero-order valence-electron chi connectivity index (χ0n) is 5.09. The minimum absolute atomic E-state index is 0. The van der Waals surface area contributed by atoms with Gasteiger partial charge in [-0.2, -0.15) is 25.3 Å². The minimum Gasteiger partial charge on any atom is -0.480 e. The molecule has 0 aliphatic heterocycles. The summed E-state index contributed by atoms with van der Waals surface area (Å²) in [6.45, 7) is 0. The molecule has 1 radical (unpaired) electrons. The molecule has 0 spiro atoms. The van der Waals surface area contributed by atoms with Gasteiger partial charge in [0.25, 0.3) is 0 Å². The molecule has 0 heterocycles. The number of thiol groups is 2. The van der Waals surface area contributed by atoms with Crippen LogP contribution >= 0.6 is 25.3 Å². The van der Waals surface area contributed by atoms with Crippen LogP contribution in [0.3, 0.4) is 0 Å². The van der Waals surface area contributed by atoms with Gasteiger partial charge in [0.2, 0.25) is 0 Å². The van der Waals surface area contributed by atoms with Gasteiger partial charge in [-0.1, -0.05) is 0 Å². The first kappa shape index (κ1) is 13.7. The predicted molar refractivity (Wildman–Crippen MR) is 40.8 cm³/mol. The number of hydrogen-bond acceptors (Lipinski definition) is 4. The van der Waals surface area contributed by atoms with Crippen LogP contribution in [0.2, 0.25) is 0 Å². The van der Waals surface area contributed by atoms with E-state index >= 15 is 0 Å². The van der Waals surface area contributed by atoms with Crippen LogP contribution in [-0.4, -0.2) is 32.7 Å². The Bertz CT molecular complexity index is 144. The smallest absolute Gasteiger partial charge is 0.318 e. The second-order valence-corrected chi connectivity index (χ2v) is 2.68. The van der Waals surface area contributed by atoms with Crippen molar-refractivity contribution in [2.45, 2.75) is 10.5 Å². The molecule has 0 aliphatic carbocycles. The molecule has 0 rings (SSSR count). The topological polar surface area (TPSA) is 74.6 Å². The van der Waals surface area contributed by atoms with Gasteiger partial charge in [-0.05, 0) is 0 Å². The summed E-state index contributed by atoms with van der Waals surface area (Å²) in [7, 11) is 0. The molecule has 0 aromatic rings. The van der Waals surface area contributed by atoms with E-state index in [9.17, 15) is 9.59 Å². The Morgan fingerprint density at radius 1 is 1.00 bits per heavy atom. The third kappa shape index (κ3) is 4.56. The monoisotopic (exact) mass is 241 g/mol. The van der Waals surface area contributed by atoms with E-state index < -0.39 is 22.4 Å². The number of rotatable bonds is 3. The standard InChI is InChI=1S/C4H6O4S2.Co/c5-3(6)1(9)2(10)4(7)8;/h1-2,9-10H,(H,5,6)(H,7,8);. The van der Waals surface area contributed by atoms with Gasteiger partial charge in [-0.15, -0.1) is 0 Å². The van der Waals surface area contributed by atoms with E-state index in [-0.39, 0.29) is 16.8 Å². The van der Waals surface area contributed by atoms with Crippen molar-refractivity contribution in [2.75, 3.05) is 0 Å². The summed E-state index contributed by atoms with van der Waals surface area (Å²) >= 11 is 7.00. The average Bonchev–Trinajstić information content (AvgIpc) is 1.84. The van der Waals surface area contributed by atoms with Gasteiger partial charge >= 0.3 is 11.9 Å². The fraction of sp³-hybridized carbons (Fsp3) is 0.500. The normalized spacial score (nSPS) is 14.4. The maximum atomic E-state index is 10.1. The average molecular weight is 241 g/mol. The molecule has 7 heteroatoms. The van der Waals surface area contributed by atoms with Crippen molar-refractivity contribution in [3.8, 4) is 0 Å². The second kappa shape index (κ2) is 5.75. The Hall–Kier alpha value is 0.146. The van der Waals surface area contributed by atoms with Crippen LogP contribution in [0.15, 0.2) is 0 Å². The number of carbonyl (C=O) groups is 2. The van der Waals surface area contributed by atoms with E-state index in [1.165, 1.54) is 0 Å². The maximum Gasteiger partial charge on any atom is 0.318 e. The zero-order valence-corrected chi connectivity index (χ0v) is 7.92. The quantitative estimate of drug-likeness (QED) is 0.514. The summed E-state index contributed by atoms with van der Waals surface area (Å²) in [4.78, 5) is 20.1. The van der Waals surface area contributed by atoms with Gasteiger partial charge in [-0.25, -0.2) is 0 Å². The Morgan fingerprint density at radius 2 is 1.18 bits per heavy atom. The molecule has 0 aromatic carbocycles. The molecule has 0 saturated heterocycles. The Labute approximate surface area is 84.4 Å². The van der Waals surface area contributed by atoms with E-state index in [0.29, 0.717) is 0 Å². The molecular weight excluding hydrogens is 235 g/mol. The van der Waals surface area contributed by atoms with Crippen molar-refractivity contribution in [3.63, 3.8) is 0 Å². The number of aliphatic carboxylic acids is 2. The fourth-order valence-corrected chi connectivity index (χ4v) is 0.525. The summed E-state index contributed by atoms with van der Waals surface area (Å²) < 4.78 is 0. The molecule has 0 aromatic heterocycles. The number of carboxylic acids is 2. The predicted octanol–water partition coefficient (Wildman–Crippen LogP) is -0.250. The van der Waals surface area contributed by atoms with Gasteiger partial charge in [-0.3, -0.25) is 9.59 Å². The Balaban J connectivity index is 0. The summed E-state index contributed by atoms with van der Waals surface area (Å²) in [6, 6.07) is 0. The van der Waals surface area contributed by atoms with Gasteiger partial charge in [0.15, 0.2) is 0 Å². The van der Waals surface area contributed by atoms with Gasteiger partial charge < -0.3 is 10.2 Å². The van der Waals surface area contributed by atoms with Crippen LogP contribution in [0.4, 0.5) is 0 Å². The summed E-state index contributed by atoms with van der Waals surface area (Å²) in [6.07, 6.45) is 0. The summed E-state index contributed by atoms with van der Waals surface area (Å²) in [5.41, 5.74) is 0. The third-order valence-electron chi connectivity index (χ3n) is 0.805. The fourth-order valence-electron chi connectivity index (χ4n) is 0.270. The van der Waals surface area contributed by atoms with E-state index in [0.717, 1.165) is 0 Å². The second-order valence-electron chi connectivity index (χ2n) is 1.57. The maximum absolute atomic E-state index is 10.1. The molecule has 0 bridgehead atoms. The first-order valence-electron chi connectivity index (χ1n) is 2.28. The molecular formula is C4H6CoO4S2. The van der Waals surface area contributed by atoms with Gasteiger partial charge in [0.05, 0.1) is 0 Å².